The van der Waals surface area contributed by atoms with Crippen LogP contribution in [0.5, 0.6) is 5.75 Å². The van der Waals surface area contributed by atoms with Crippen LogP contribution in [0.15, 0.2) is 44.1 Å². The van der Waals surface area contributed by atoms with Crippen molar-refractivity contribution >= 4 is 33.0 Å². The van der Waals surface area contributed by atoms with E-state index in [1.165, 1.54) is 18.2 Å². The molecule has 2 heterocycles. The number of piperidine rings is 1. The van der Waals surface area contributed by atoms with Crippen molar-refractivity contribution in [1.82, 2.24) is 15.0 Å². The second-order valence-corrected chi connectivity index (χ2v) is 13.0. The fraction of sp³-hybridized carbons (Fsp3) is 0.433. The third-order valence-corrected chi connectivity index (χ3v) is 10.0. The SMILES string of the molecule is COC(=O)CC1CCN(C(=O)N=IC2CCc3c(-c4noc(-c5ccc(OC(C)C)c(C#N)c5)n4)cccc32)CC1. The number of likely N-dealkylation sites (tertiary alicyclic amines) is 1. The number of aromatic nitrogens is 2. The monoisotopic (exact) mass is 669 g/mol. The van der Waals surface area contributed by atoms with Crippen LogP contribution in [0, 0.1) is 17.2 Å². The lowest BCUT2D eigenvalue weighted by Gasteiger charge is -2.30. The summed E-state index contributed by atoms with van der Waals surface area (Å²) >= 11 is -0.741. The van der Waals surface area contributed by atoms with Crippen molar-refractivity contribution in [2.24, 2.45) is 9.06 Å². The molecular weight excluding hydrogens is 637 g/mol. The van der Waals surface area contributed by atoms with E-state index in [2.05, 4.69) is 25.4 Å². The number of nitrogens with zero attached hydrogens (tertiary/aromatic N) is 5. The number of halogens is 1. The Hall–Kier alpha value is -3.66. The van der Waals surface area contributed by atoms with Crippen LogP contribution in [0.25, 0.3) is 22.8 Å². The number of rotatable bonds is 7. The summed E-state index contributed by atoms with van der Waals surface area (Å²) in [5.74, 6) is 1.43. The number of ether oxygens (including phenoxy) is 2. The molecule has 2 aromatic carbocycles. The van der Waals surface area contributed by atoms with E-state index in [0.717, 1.165) is 31.2 Å². The standard InChI is InChI=1S/C30H32IN5O5/c1-18(2)40-26-10-7-20(16-21(26)17-32)29-33-28(35-41-29)24-6-4-5-23-22(24)8-9-25(23)31-34-30(38)36-13-11-19(12-14-36)15-27(37)39-3/h4-7,10,16,18-19,25H,8-9,11-15H2,1-3H3. The van der Waals surface area contributed by atoms with Crippen molar-refractivity contribution in [3.8, 4) is 34.7 Å². The Morgan fingerprint density at radius 3 is 2.76 bits per heavy atom. The summed E-state index contributed by atoms with van der Waals surface area (Å²) in [5.41, 5.74) is 4.36. The van der Waals surface area contributed by atoms with E-state index in [1.54, 1.807) is 17.0 Å². The number of urea groups is 1. The summed E-state index contributed by atoms with van der Waals surface area (Å²) in [6.45, 7) is 5.08. The van der Waals surface area contributed by atoms with Gasteiger partial charge < -0.3 is 18.9 Å². The molecule has 0 radical (unpaired) electrons. The maximum absolute atomic E-state index is 12.8. The molecule has 2 amide bonds. The lowest BCUT2D eigenvalue weighted by atomic mass is 9.94. The van der Waals surface area contributed by atoms with Gasteiger partial charge in [0, 0.05) is 55.6 Å². The molecule has 5 rings (SSSR count). The second-order valence-electron chi connectivity index (χ2n) is 10.5. The topological polar surface area (TPSA) is 131 Å². The number of fused-ring (bicyclic) bond motifs is 1. The lowest BCUT2D eigenvalue weighted by Crippen LogP contribution is -2.37. The number of hydrogen-bond acceptors (Lipinski definition) is 8. The molecule has 1 aliphatic carbocycles. The number of methoxy groups -OCH3 is 1. The van der Waals surface area contributed by atoms with Crippen molar-refractivity contribution in [1.29, 1.82) is 5.26 Å². The van der Waals surface area contributed by atoms with Crippen molar-refractivity contribution in [2.75, 3.05) is 20.2 Å². The Morgan fingerprint density at radius 1 is 1.22 bits per heavy atom. The minimum Gasteiger partial charge on any atom is -0.490 e. The first-order valence-electron chi connectivity index (χ1n) is 13.7. The summed E-state index contributed by atoms with van der Waals surface area (Å²) < 4.78 is 20.9. The highest BCUT2D eigenvalue weighted by Gasteiger charge is 2.28. The van der Waals surface area contributed by atoms with E-state index in [0.29, 0.717) is 48.1 Å². The molecule has 0 N–H and O–H groups in total. The van der Waals surface area contributed by atoms with E-state index in [-0.39, 0.29) is 27.9 Å². The van der Waals surface area contributed by atoms with E-state index in [9.17, 15) is 14.9 Å². The van der Waals surface area contributed by atoms with Gasteiger partial charge in [-0.3, -0.25) is 4.79 Å². The summed E-state index contributed by atoms with van der Waals surface area (Å²) in [7, 11) is 1.41. The molecule has 1 aliphatic heterocycles. The maximum Gasteiger partial charge on any atom is 0.348 e. The van der Waals surface area contributed by atoms with Crippen molar-refractivity contribution < 1.29 is 23.6 Å². The first kappa shape index (κ1) is 28.9. The van der Waals surface area contributed by atoms with Crippen molar-refractivity contribution in [3.63, 3.8) is 0 Å². The second kappa shape index (κ2) is 12.9. The average molecular weight is 670 g/mol. The number of benzene rings is 2. The highest BCUT2D eigenvalue weighted by atomic mass is 127. The van der Waals surface area contributed by atoms with Gasteiger partial charge >= 0.3 is 12.0 Å². The third-order valence-electron chi connectivity index (χ3n) is 7.38. The fourth-order valence-corrected chi connectivity index (χ4v) is 7.63. The van der Waals surface area contributed by atoms with Crippen molar-refractivity contribution in [3.05, 3.63) is 53.1 Å². The molecule has 1 unspecified atom stereocenters. The Morgan fingerprint density at radius 2 is 2.02 bits per heavy atom. The van der Waals surface area contributed by atoms with Gasteiger partial charge in [0.15, 0.2) is 0 Å². The third kappa shape index (κ3) is 6.64. The molecular formula is C30H32IN5O5. The number of carbonyl (C=O) groups excluding carboxylic acids is 2. The average Bonchev–Trinajstić information content (AvgIpc) is 3.64. The molecule has 2 aliphatic rings. The Bertz CT molecular complexity index is 1500. The van der Waals surface area contributed by atoms with Gasteiger partial charge in [-0.1, -0.05) is 23.4 Å². The van der Waals surface area contributed by atoms with Gasteiger partial charge in [-0.15, -0.1) is 0 Å². The van der Waals surface area contributed by atoms with E-state index in [1.807, 2.05) is 32.0 Å². The Balaban J connectivity index is 1.27. The van der Waals surface area contributed by atoms with Crippen LogP contribution in [-0.2, 0) is 16.0 Å². The number of carbonyl (C=O) groups is 2. The van der Waals surface area contributed by atoms with Crippen LogP contribution in [0.2, 0.25) is 0 Å². The maximum atomic E-state index is 12.8. The zero-order valence-electron chi connectivity index (χ0n) is 23.3. The minimum atomic E-state index is -0.741. The van der Waals surface area contributed by atoms with Crippen LogP contribution in [0.3, 0.4) is 0 Å². The predicted molar refractivity (Wildman–Crippen MR) is 159 cm³/mol. The molecule has 0 spiro atoms. The molecule has 10 nitrogen and oxygen atoms in total. The molecule has 3 aromatic rings. The van der Waals surface area contributed by atoms with Crippen LogP contribution in [0.4, 0.5) is 4.79 Å². The summed E-state index contributed by atoms with van der Waals surface area (Å²) in [4.78, 5) is 30.8. The number of amides is 2. The molecule has 1 atom stereocenters. The first-order valence-corrected chi connectivity index (χ1v) is 15.9. The van der Waals surface area contributed by atoms with Gasteiger partial charge in [0.05, 0.1) is 18.8 Å². The molecule has 1 fully saturated rings. The van der Waals surface area contributed by atoms with E-state index >= 15 is 0 Å². The molecule has 1 saturated heterocycles. The zero-order valence-corrected chi connectivity index (χ0v) is 25.5. The van der Waals surface area contributed by atoms with Crippen LogP contribution in [0.1, 0.15) is 60.1 Å². The predicted octanol–water partition coefficient (Wildman–Crippen LogP) is 6.60. The number of hydrogen-bond donors (Lipinski definition) is 0. The van der Waals surface area contributed by atoms with Gasteiger partial charge in [-0.2, -0.15) is 13.4 Å². The Kier molecular flexibility index (Phi) is 9.07. The van der Waals surface area contributed by atoms with Gasteiger partial charge in [0.25, 0.3) is 5.89 Å². The molecule has 0 saturated carbocycles. The minimum absolute atomic E-state index is 0.0443. The molecule has 41 heavy (non-hydrogen) atoms. The van der Waals surface area contributed by atoms with Gasteiger partial charge in [-0.05, 0) is 74.8 Å². The van der Waals surface area contributed by atoms with Gasteiger partial charge in [-0.25, -0.2) is 4.79 Å². The fourth-order valence-electron chi connectivity index (χ4n) is 5.27. The first-order chi connectivity index (χ1) is 19.9. The number of alkyl halides is 1. The zero-order chi connectivity index (χ0) is 28.9. The highest BCUT2D eigenvalue weighted by Crippen LogP contribution is 2.45. The smallest absolute Gasteiger partial charge is 0.348 e. The summed E-state index contributed by atoms with van der Waals surface area (Å²) in [6, 6.07) is 13.4. The molecule has 1 aromatic heterocycles. The quantitative estimate of drug-likeness (QED) is 0.156. The largest absolute Gasteiger partial charge is 0.490 e. The van der Waals surface area contributed by atoms with Crippen LogP contribution >= 0.6 is 21.0 Å². The summed E-state index contributed by atoms with van der Waals surface area (Å²) in [6.07, 6.45) is 3.76. The van der Waals surface area contributed by atoms with Crippen molar-refractivity contribution in [2.45, 2.75) is 56.0 Å². The van der Waals surface area contributed by atoms with Crippen LogP contribution < -0.4 is 4.74 Å². The van der Waals surface area contributed by atoms with Crippen LogP contribution in [-0.4, -0.2) is 53.3 Å². The lowest BCUT2D eigenvalue weighted by molar-refractivity contribution is -0.142. The van der Waals surface area contributed by atoms with Gasteiger partial charge in [0.2, 0.25) is 5.82 Å². The highest BCUT2D eigenvalue weighted by molar-refractivity contribution is 14.2. The normalized spacial score (nSPS) is 17.2. The molecule has 214 valence electrons. The van der Waals surface area contributed by atoms with E-state index in [4.69, 9.17) is 14.0 Å². The number of esters is 1. The molecule has 0 bridgehead atoms. The van der Waals surface area contributed by atoms with Gasteiger partial charge in [0.1, 0.15) is 11.8 Å². The van der Waals surface area contributed by atoms with E-state index < -0.39 is 21.0 Å². The molecule has 11 heteroatoms. The summed E-state index contributed by atoms with van der Waals surface area (Å²) in [5, 5.41) is 13.8. The Labute approximate surface area is 249 Å². The number of nitriles is 1.